The largest absolute Gasteiger partial charge is 0.493 e. The lowest BCUT2D eigenvalue weighted by Crippen LogP contribution is -2.18. The predicted molar refractivity (Wildman–Crippen MR) is 69.6 cm³/mol. The number of aldehydes is 1. The van der Waals surface area contributed by atoms with Crippen LogP contribution in [0.5, 0.6) is 11.5 Å². The Morgan fingerprint density at radius 1 is 1.39 bits per heavy atom. The van der Waals surface area contributed by atoms with Crippen LogP contribution in [0.2, 0.25) is 0 Å². The predicted octanol–water partition coefficient (Wildman–Crippen LogP) is 2.70. The molecular weight excluding hydrogens is 232 g/mol. The van der Waals surface area contributed by atoms with Crippen LogP contribution in [-0.2, 0) is 4.74 Å². The van der Waals surface area contributed by atoms with Gasteiger partial charge in [-0.15, -0.1) is 0 Å². The van der Waals surface area contributed by atoms with Gasteiger partial charge in [-0.1, -0.05) is 6.92 Å². The Balaban J connectivity index is 2.81. The Kier molecular flexibility index (Phi) is 6.22. The van der Waals surface area contributed by atoms with Crippen LogP contribution in [0, 0.1) is 0 Å². The van der Waals surface area contributed by atoms with Crippen molar-refractivity contribution < 1.29 is 19.0 Å². The molecule has 0 N–H and O–H groups in total. The van der Waals surface area contributed by atoms with Crippen molar-refractivity contribution in [3.05, 3.63) is 23.8 Å². The minimum atomic E-state index is -0.116. The molecule has 1 aromatic carbocycles. The number of benzene rings is 1. The van der Waals surface area contributed by atoms with E-state index < -0.39 is 0 Å². The second kappa shape index (κ2) is 7.71. The van der Waals surface area contributed by atoms with Gasteiger partial charge in [0.2, 0.25) is 0 Å². The molecule has 0 radical (unpaired) electrons. The van der Waals surface area contributed by atoms with Crippen LogP contribution in [0.1, 0.15) is 30.6 Å². The maximum absolute atomic E-state index is 10.9. The first-order chi connectivity index (χ1) is 8.71. The highest BCUT2D eigenvalue weighted by molar-refractivity contribution is 5.79. The summed E-state index contributed by atoms with van der Waals surface area (Å²) in [5, 5.41) is 0. The summed E-state index contributed by atoms with van der Waals surface area (Å²) >= 11 is 0. The zero-order valence-electron chi connectivity index (χ0n) is 11.1. The van der Waals surface area contributed by atoms with Crippen LogP contribution in [0.3, 0.4) is 0 Å². The van der Waals surface area contributed by atoms with E-state index in [4.69, 9.17) is 14.2 Å². The van der Waals surface area contributed by atoms with Gasteiger partial charge < -0.3 is 14.2 Å². The summed E-state index contributed by atoms with van der Waals surface area (Å²) in [5.74, 6) is 1.24. The third-order valence-electron chi connectivity index (χ3n) is 2.31. The van der Waals surface area contributed by atoms with Crippen LogP contribution >= 0.6 is 0 Å². The lowest BCUT2D eigenvalue weighted by atomic mass is 10.2. The molecule has 18 heavy (non-hydrogen) atoms. The minimum Gasteiger partial charge on any atom is -0.493 e. The van der Waals surface area contributed by atoms with E-state index in [0.717, 1.165) is 12.7 Å². The van der Waals surface area contributed by atoms with Crippen molar-refractivity contribution in [3.8, 4) is 11.5 Å². The van der Waals surface area contributed by atoms with Gasteiger partial charge in [0.05, 0.1) is 18.8 Å². The van der Waals surface area contributed by atoms with E-state index in [2.05, 4.69) is 0 Å². The lowest BCUT2D eigenvalue weighted by Gasteiger charge is -2.16. The molecule has 0 spiro atoms. The van der Waals surface area contributed by atoms with Gasteiger partial charge in [0.25, 0.3) is 0 Å². The van der Waals surface area contributed by atoms with E-state index >= 15 is 0 Å². The summed E-state index contributed by atoms with van der Waals surface area (Å²) < 4.78 is 16.2. The summed E-state index contributed by atoms with van der Waals surface area (Å²) in [5.41, 5.74) is 0.516. The zero-order valence-corrected chi connectivity index (χ0v) is 11.1. The van der Waals surface area contributed by atoms with Gasteiger partial charge in [-0.05, 0) is 25.5 Å². The molecule has 0 fully saturated rings. The topological polar surface area (TPSA) is 44.8 Å². The lowest BCUT2D eigenvalue weighted by molar-refractivity contribution is 0.0903. The number of hydrogen-bond acceptors (Lipinski definition) is 4. The maximum atomic E-state index is 10.9. The van der Waals surface area contributed by atoms with Gasteiger partial charge in [0.15, 0.2) is 6.29 Å². The number of hydrogen-bond donors (Lipinski definition) is 0. The molecule has 0 saturated carbocycles. The van der Waals surface area contributed by atoms with E-state index in [-0.39, 0.29) is 6.10 Å². The van der Waals surface area contributed by atoms with Crippen molar-refractivity contribution in [2.45, 2.75) is 26.4 Å². The van der Waals surface area contributed by atoms with E-state index in [1.54, 1.807) is 25.3 Å². The monoisotopic (exact) mass is 252 g/mol. The van der Waals surface area contributed by atoms with E-state index in [1.807, 2.05) is 13.8 Å². The van der Waals surface area contributed by atoms with E-state index in [1.165, 1.54) is 0 Å². The first-order valence-corrected chi connectivity index (χ1v) is 6.08. The number of carbonyl (C=O) groups is 1. The van der Waals surface area contributed by atoms with Gasteiger partial charge in [0, 0.05) is 13.2 Å². The van der Waals surface area contributed by atoms with Crippen LogP contribution in [0.25, 0.3) is 0 Å². The summed E-state index contributed by atoms with van der Waals surface area (Å²) in [6.07, 6.45) is 1.60. The van der Waals surface area contributed by atoms with E-state index in [0.29, 0.717) is 30.3 Å². The van der Waals surface area contributed by atoms with Crippen molar-refractivity contribution >= 4 is 6.29 Å². The van der Waals surface area contributed by atoms with E-state index in [9.17, 15) is 4.79 Å². The molecule has 4 heteroatoms. The number of carbonyl (C=O) groups excluding carboxylic acids is 1. The third-order valence-corrected chi connectivity index (χ3v) is 2.31. The molecule has 4 nitrogen and oxygen atoms in total. The normalized spacial score (nSPS) is 11.9. The quantitative estimate of drug-likeness (QED) is 0.667. The highest BCUT2D eigenvalue weighted by Crippen LogP contribution is 2.25. The third kappa shape index (κ3) is 4.37. The molecule has 0 bridgehead atoms. The minimum absolute atomic E-state index is 0.116. The molecule has 100 valence electrons. The van der Waals surface area contributed by atoms with Crippen molar-refractivity contribution in [3.63, 3.8) is 0 Å². The molecule has 1 aromatic rings. The van der Waals surface area contributed by atoms with Gasteiger partial charge in [-0.25, -0.2) is 0 Å². The molecule has 0 saturated heterocycles. The molecular formula is C14H20O4. The van der Waals surface area contributed by atoms with Crippen molar-refractivity contribution in [1.29, 1.82) is 0 Å². The first-order valence-electron chi connectivity index (χ1n) is 6.08. The Morgan fingerprint density at radius 2 is 2.17 bits per heavy atom. The van der Waals surface area contributed by atoms with Gasteiger partial charge >= 0.3 is 0 Å². The zero-order chi connectivity index (χ0) is 13.4. The van der Waals surface area contributed by atoms with Crippen molar-refractivity contribution in [2.75, 3.05) is 20.3 Å². The van der Waals surface area contributed by atoms with Gasteiger partial charge in [-0.3, -0.25) is 4.79 Å². The Bertz CT molecular complexity index is 376. The van der Waals surface area contributed by atoms with Crippen LogP contribution in [0.15, 0.2) is 18.2 Å². The molecule has 0 heterocycles. The molecule has 1 rings (SSSR count). The SMILES string of the molecule is CCCOc1ccc(C=O)c(OC(C)COC)c1. The van der Waals surface area contributed by atoms with Crippen molar-refractivity contribution in [2.24, 2.45) is 0 Å². The maximum Gasteiger partial charge on any atom is 0.153 e. The number of rotatable bonds is 8. The second-order valence-corrected chi connectivity index (χ2v) is 4.05. The molecule has 0 aliphatic rings. The second-order valence-electron chi connectivity index (χ2n) is 4.05. The fraction of sp³-hybridized carbons (Fsp3) is 0.500. The highest BCUT2D eigenvalue weighted by atomic mass is 16.5. The average Bonchev–Trinajstić information content (AvgIpc) is 2.37. The van der Waals surface area contributed by atoms with Crippen LogP contribution in [0.4, 0.5) is 0 Å². The Morgan fingerprint density at radius 3 is 2.78 bits per heavy atom. The highest BCUT2D eigenvalue weighted by Gasteiger charge is 2.09. The summed E-state index contributed by atoms with van der Waals surface area (Å²) in [4.78, 5) is 10.9. The molecule has 0 aliphatic heterocycles. The standard InChI is InChI=1S/C14H20O4/c1-4-7-17-13-6-5-12(9-15)14(8-13)18-11(2)10-16-3/h5-6,8-9,11H,4,7,10H2,1-3H3. The molecule has 0 aromatic heterocycles. The smallest absolute Gasteiger partial charge is 0.153 e. The molecule has 1 unspecified atom stereocenters. The Hall–Kier alpha value is -1.55. The van der Waals surface area contributed by atoms with Crippen LogP contribution in [-0.4, -0.2) is 32.7 Å². The van der Waals surface area contributed by atoms with Gasteiger partial charge in [-0.2, -0.15) is 0 Å². The number of methoxy groups -OCH3 is 1. The average molecular weight is 252 g/mol. The fourth-order valence-electron chi connectivity index (χ4n) is 1.51. The van der Waals surface area contributed by atoms with Gasteiger partial charge in [0.1, 0.15) is 17.6 Å². The van der Waals surface area contributed by atoms with Crippen LogP contribution < -0.4 is 9.47 Å². The summed E-state index contributed by atoms with van der Waals surface area (Å²) in [6.45, 7) is 5.04. The summed E-state index contributed by atoms with van der Waals surface area (Å²) in [6, 6.07) is 5.21. The summed E-state index contributed by atoms with van der Waals surface area (Å²) in [7, 11) is 1.61. The Labute approximate surface area is 108 Å². The number of ether oxygens (including phenoxy) is 3. The fourth-order valence-corrected chi connectivity index (χ4v) is 1.51. The van der Waals surface area contributed by atoms with Crippen molar-refractivity contribution in [1.82, 2.24) is 0 Å². The first kappa shape index (κ1) is 14.5. The molecule has 0 aliphatic carbocycles. The molecule has 1 atom stereocenters. The molecule has 0 amide bonds.